The first-order chi connectivity index (χ1) is 18.7. The van der Waals surface area contributed by atoms with Crippen LogP contribution in [0.2, 0.25) is 5.02 Å². The second-order valence-corrected chi connectivity index (χ2v) is 10.8. The third-order valence-corrected chi connectivity index (χ3v) is 8.09. The van der Waals surface area contributed by atoms with Crippen LogP contribution in [0.1, 0.15) is 19.3 Å². The topological polar surface area (TPSA) is 83.1 Å². The number of piperidine rings is 1. The fraction of sp³-hybridized carbons (Fsp3) is 0.464. The molecule has 3 aromatic rings. The molecule has 0 saturated carbocycles. The largest absolute Gasteiger partial charge is 0.493 e. The minimum Gasteiger partial charge on any atom is -0.493 e. The van der Waals surface area contributed by atoms with Crippen LogP contribution < -0.4 is 14.8 Å². The second-order valence-electron chi connectivity index (χ2n) is 10.4. The Bertz CT molecular complexity index is 1350. The molecule has 39 heavy (non-hydrogen) atoms. The van der Waals surface area contributed by atoms with Crippen molar-refractivity contribution >= 4 is 39.9 Å². The van der Waals surface area contributed by atoms with Crippen LogP contribution in [-0.4, -0.2) is 96.6 Å². The van der Waals surface area contributed by atoms with Gasteiger partial charge in [0.05, 0.1) is 29.4 Å². The lowest BCUT2D eigenvalue weighted by molar-refractivity contribution is -0.137. The Hall–Kier alpha value is -3.21. The third kappa shape index (κ3) is 5.73. The van der Waals surface area contributed by atoms with E-state index in [4.69, 9.17) is 21.1 Å². The Kier molecular flexibility index (Phi) is 8.06. The Balaban J connectivity index is 1.35. The van der Waals surface area contributed by atoms with E-state index in [0.29, 0.717) is 41.2 Å². The molecule has 2 fully saturated rings. The van der Waals surface area contributed by atoms with E-state index in [2.05, 4.69) is 32.1 Å². The van der Waals surface area contributed by atoms with Crippen molar-refractivity contribution in [2.45, 2.75) is 37.5 Å². The fourth-order valence-corrected chi connectivity index (χ4v) is 5.62. The molecule has 2 aliphatic rings. The van der Waals surface area contributed by atoms with E-state index < -0.39 is 5.82 Å². The van der Waals surface area contributed by atoms with Gasteiger partial charge in [0, 0.05) is 37.5 Å². The molecule has 0 bridgehead atoms. The highest BCUT2D eigenvalue weighted by Gasteiger charge is 2.39. The summed E-state index contributed by atoms with van der Waals surface area (Å²) in [7, 11) is 7.57. The molecule has 3 heterocycles. The lowest BCUT2D eigenvalue weighted by Gasteiger charge is -2.37. The number of benzene rings is 2. The summed E-state index contributed by atoms with van der Waals surface area (Å²) in [5.41, 5.74) is 0.809. The Morgan fingerprint density at radius 2 is 1.95 bits per heavy atom. The number of ether oxygens (including phenoxy) is 2. The van der Waals surface area contributed by atoms with Gasteiger partial charge in [0.15, 0.2) is 17.3 Å². The summed E-state index contributed by atoms with van der Waals surface area (Å²) >= 11 is 5.96. The highest BCUT2D eigenvalue weighted by molar-refractivity contribution is 6.31. The van der Waals surface area contributed by atoms with Crippen LogP contribution in [0, 0.1) is 5.82 Å². The van der Waals surface area contributed by atoms with Gasteiger partial charge in [-0.25, -0.2) is 14.4 Å². The molecule has 2 aliphatic heterocycles. The Labute approximate surface area is 232 Å². The molecular formula is C28H34ClFN6O3. The van der Waals surface area contributed by atoms with Gasteiger partial charge in [-0.15, -0.1) is 0 Å². The molecule has 1 aromatic heterocycles. The van der Waals surface area contributed by atoms with E-state index in [1.54, 1.807) is 31.4 Å². The molecule has 11 heteroatoms. The Morgan fingerprint density at radius 3 is 2.69 bits per heavy atom. The first kappa shape index (κ1) is 27.4. The number of aromatic nitrogens is 2. The summed E-state index contributed by atoms with van der Waals surface area (Å²) in [6.07, 6.45) is 3.72. The standard InChI is InChI=1S/C28H34ClFN6O3/c1-34-10-8-17(9-11-34)36(3)28(37)23-12-18(15-35(23)2)39-25-13-19-22(14-24(25)38-4)31-16-32-27(19)33-21-7-5-6-20(29)26(21)30/h5-7,13-14,16-18,23H,8-12,15H2,1-4H3,(H,31,32,33)/t18-,23+/m1/s1. The number of anilines is 2. The minimum absolute atomic E-state index is 0.0139. The van der Waals surface area contributed by atoms with E-state index in [1.807, 2.05) is 19.0 Å². The van der Waals surface area contributed by atoms with Crippen LogP contribution in [-0.2, 0) is 4.79 Å². The van der Waals surface area contributed by atoms with E-state index in [1.165, 1.54) is 12.4 Å². The molecule has 0 spiro atoms. The van der Waals surface area contributed by atoms with Crippen LogP contribution in [0.4, 0.5) is 15.9 Å². The van der Waals surface area contributed by atoms with Crippen molar-refractivity contribution in [2.75, 3.05) is 53.2 Å². The lowest BCUT2D eigenvalue weighted by Crippen LogP contribution is -2.50. The fourth-order valence-electron chi connectivity index (χ4n) is 5.45. The van der Waals surface area contributed by atoms with Crippen LogP contribution in [0.15, 0.2) is 36.7 Å². The molecule has 2 saturated heterocycles. The van der Waals surface area contributed by atoms with Crippen LogP contribution in [0.3, 0.4) is 0 Å². The van der Waals surface area contributed by atoms with Gasteiger partial charge in [0.1, 0.15) is 18.2 Å². The van der Waals surface area contributed by atoms with Crippen molar-refractivity contribution in [1.29, 1.82) is 0 Å². The smallest absolute Gasteiger partial charge is 0.240 e. The van der Waals surface area contributed by atoms with Gasteiger partial charge in [-0.1, -0.05) is 17.7 Å². The minimum atomic E-state index is -0.564. The number of likely N-dealkylation sites (N-methyl/N-ethyl adjacent to an activating group) is 2. The predicted molar refractivity (Wildman–Crippen MR) is 150 cm³/mol. The Morgan fingerprint density at radius 1 is 1.18 bits per heavy atom. The summed E-state index contributed by atoms with van der Waals surface area (Å²) < 4.78 is 26.6. The summed E-state index contributed by atoms with van der Waals surface area (Å²) in [6, 6.07) is 8.30. The average Bonchev–Trinajstić information content (AvgIpc) is 3.30. The first-order valence-corrected chi connectivity index (χ1v) is 13.5. The van der Waals surface area contributed by atoms with Gasteiger partial charge >= 0.3 is 0 Å². The summed E-state index contributed by atoms with van der Waals surface area (Å²) in [5, 5.41) is 3.67. The van der Waals surface area contributed by atoms with Gasteiger partial charge in [-0.3, -0.25) is 9.69 Å². The highest BCUT2D eigenvalue weighted by atomic mass is 35.5. The molecule has 2 aromatic carbocycles. The molecule has 0 aliphatic carbocycles. The van der Waals surface area contributed by atoms with Gasteiger partial charge in [-0.2, -0.15) is 0 Å². The molecule has 208 valence electrons. The van der Waals surface area contributed by atoms with E-state index in [0.717, 1.165) is 25.9 Å². The van der Waals surface area contributed by atoms with Crippen molar-refractivity contribution in [3.05, 3.63) is 47.5 Å². The zero-order valence-corrected chi connectivity index (χ0v) is 23.4. The van der Waals surface area contributed by atoms with E-state index in [-0.39, 0.29) is 34.8 Å². The number of methoxy groups -OCH3 is 1. The molecule has 1 N–H and O–H groups in total. The maximum atomic E-state index is 14.6. The van der Waals surface area contributed by atoms with Crippen molar-refractivity contribution in [2.24, 2.45) is 0 Å². The van der Waals surface area contributed by atoms with Crippen molar-refractivity contribution < 1.29 is 18.7 Å². The number of carbonyl (C=O) groups is 1. The van der Waals surface area contributed by atoms with Gasteiger partial charge < -0.3 is 24.6 Å². The molecule has 2 atom stereocenters. The molecule has 0 radical (unpaired) electrons. The normalized spacial score (nSPS) is 20.8. The first-order valence-electron chi connectivity index (χ1n) is 13.1. The number of hydrogen-bond acceptors (Lipinski definition) is 8. The molecular weight excluding hydrogens is 523 g/mol. The maximum Gasteiger partial charge on any atom is 0.240 e. The number of carbonyl (C=O) groups excluding carboxylic acids is 1. The summed E-state index contributed by atoms with van der Waals surface area (Å²) in [4.78, 5) is 28.4. The van der Waals surface area contributed by atoms with Gasteiger partial charge in [0.25, 0.3) is 0 Å². The molecule has 5 rings (SSSR count). The zero-order chi connectivity index (χ0) is 27.7. The summed E-state index contributed by atoms with van der Waals surface area (Å²) in [6.45, 7) is 2.60. The zero-order valence-electron chi connectivity index (χ0n) is 22.7. The number of nitrogens with one attached hydrogen (secondary N) is 1. The number of amides is 1. The SMILES string of the molecule is COc1cc2ncnc(Nc3cccc(Cl)c3F)c2cc1O[C@@H]1C[C@@H](C(=O)N(C)C2CCN(C)CC2)N(C)C1. The second kappa shape index (κ2) is 11.5. The molecule has 9 nitrogen and oxygen atoms in total. The monoisotopic (exact) mass is 556 g/mol. The van der Waals surface area contributed by atoms with Crippen molar-refractivity contribution in [1.82, 2.24) is 24.7 Å². The lowest BCUT2D eigenvalue weighted by atomic mass is 10.0. The third-order valence-electron chi connectivity index (χ3n) is 7.80. The number of fused-ring (bicyclic) bond motifs is 1. The number of halogens is 2. The van der Waals surface area contributed by atoms with E-state index in [9.17, 15) is 9.18 Å². The summed E-state index contributed by atoms with van der Waals surface area (Å²) in [5.74, 6) is 0.995. The number of rotatable bonds is 7. The molecule has 1 amide bonds. The molecule has 0 unspecified atom stereocenters. The van der Waals surface area contributed by atoms with Crippen molar-refractivity contribution in [3.63, 3.8) is 0 Å². The van der Waals surface area contributed by atoms with Crippen LogP contribution in [0.25, 0.3) is 10.9 Å². The van der Waals surface area contributed by atoms with Crippen LogP contribution in [0.5, 0.6) is 11.5 Å². The maximum absolute atomic E-state index is 14.6. The van der Waals surface area contributed by atoms with Gasteiger partial charge in [0.2, 0.25) is 5.91 Å². The number of hydrogen-bond donors (Lipinski definition) is 1. The quantitative estimate of drug-likeness (QED) is 0.464. The number of nitrogens with zero attached hydrogens (tertiary/aromatic N) is 5. The van der Waals surface area contributed by atoms with E-state index >= 15 is 0 Å². The van der Waals surface area contributed by atoms with Crippen LogP contribution >= 0.6 is 11.6 Å². The van der Waals surface area contributed by atoms with Gasteiger partial charge in [-0.05, 0) is 58.2 Å². The average molecular weight is 557 g/mol. The van der Waals surface area contributed by atoms with Crippen molar-refractivity contribution in [3.8, 4) is 11.5 Å². The highest BCUT2D eigenvalue weighted by Crippen LogP contribution is 2.37. The predicted octanol–water partition coefficient (Wildman–Crippen LogP) is 4.18. The number of likely N-dealkylation sites (tertiary alicyclic amines) is 2.